The molecule has 92 valence electrons. The van der Waals surface area contributed by atoms with Gasteiger partial charge in [-0.3, -0.25) is 10.8 Å². The van der Waals surface area contributed by atoms with Gasteiger partial charge in [-0.1, -0.05) is 0 Å². The monoisotopic (exact) mass is 249 g/mol. The van der Waals surface area contributed by atoms with Crippen molar-refractivity contribution >= 4 is 23.2 Å². The number of nitriles is 1. The number of nitrogens with two attached hydrogens (primary N) is 1. The first-order valence-electron chi connectivity index (χ1n) is 4.56. The van der Waals surface area contributed by atoms with Gasteiger partial charge in [-0.05, 0) is 18.2 Å². The molecule has 1 aromatic rings. The van der Waals surface area contributed by atoms with Gasteiger partial charge in [0.2, 0.25) is 5.71 Å². The van der Waals surface area contributed by atoms with Gasteiger partial charge in [-0.25, -0.2) is 9.18 Å². The number of carbonyl (C=O) groups is 1. The van der Waals surface area contributed by atoms with E-state index < -0.39 is 23.3 Å². The summed E-state index contributed by atoms with van der Waals surface area (Å²) in [4.78, 5) is 10.6. The Morgan fingerprint density at radius 3 is 2.72 bits per heavy atom. The molecule has 7 nitrogen and oxygen atoms in total. The van der Waals surface area contributed by atoms with Gasteiger partial charge < -0.3 is 10.8 Å². The number of carboxylic acids is 1. The molecule has 0 radical (unpaired) electrons. The number of benzene rings is 1. The molecule has 0 spiro atoms. The van der Waals surface area contributed by atoms with Crippen LogP contribution in [0.1, 0.15) is 10.4 Å². The smallest absolute Gasteiger partial charge is 0.335 e. The Kier molecular flexibility index (Phi) is 3.93. The lowest BCUT2D eigenvalue weighted by Crippen LogP contribution is -2.22. The standard InChI is InChI=1S/C10H8FN5O2/c11-6-3-5(10(17)18)1-2-7(6)15-16-8(4-12)9(13)14/h1-3,15H,(H3,13,14)(H,17,18)/b16-8+. The average molecular weight is 249 g/mol. The van der Waals surface area contributed by atoms with E-state index in [4.69, 9.17) is 21.5 Å². The van der Waals surface area contributed by atoms with Crippen molar-refractivity contribution in [2.75, 3.05) is 5.43 Å². The molecular weight excluding hydrogens is 241 g/mol. The third-order valence-electron chi connectivity index (χ3n) is 1.87. The summed E-state index contributed by atoms with van der Waals surface area (Å²) in [6.45, 7) is 0. The van der Waals surface area contributed by atoms with Crippen molar-refractivity contribution in [2.45, 2.75) is 0 Å². The van der Waals surface area contributed by atoms with Crippen molar-refractivity contribution in [1.29, 1.82) is 10.7 Å². The van der Waals surface area contributed by atoms with Crippen LogP contribution in [0.4, 0.5) is 10.1 Å². The first-order valence-corrected chi connectivity index (χ1v) is 4.56. The first-order chi connectivity index (χ1) is 8.45. The number of hydrogen-bond donors (Lipinski definition) is 4. The Morgan fingerprint density at radius 2 is 2.28 bits per heavy atom. The Bertz CT molecular complexity index is 576. The molecule has 0 bridgehead atoms. The third kappa shape index (κ3) is 3.02. The number of hydrazone groups is 1. The average Bonchev–Trinajstić information content (AvgIpc) is 2.30. The molecule has 0 saturated carbocycles. The number of hydrogen-bond acceptors (Lipinski definition) is 5. The van der Waals surface area contributed by atoms with Crippen molar-refractivity contribution in [3.05, 3.63) is 29.6 Å². The SMILES string of the molecule is N#C/C(=N\Nc1ccc(C(=O)O)cc1F)C(=N)N. The van der Waals surface area contributed by atoms with E-state index in [1.807, 2.05) is 0 Å². The van der Waals surface area contributed by atoms with Gasteiger partial charge in [0.25, 0.3) is 0 Å². The predicted molar refractivity (Wildman–Crippen MR) is 61.9 cm³/mol. The van der Waals surface area contributed by atoms with Crippen molar-refractivity contribution in [1.82, 2.24) is 0 Å². The van der Waals surface area contributed by atoms with E-state index in [0.29, 0.717) is 0 Å². The van der Waals surface area contributed by atoms with Crippen molar-refractivity contribution in [3.8, 4) is 6.07 Å². The van der Waals surface area contributed by atoms with E-state index in [-0.39, 0.29) is 11.3 Å². The second-order valence-corrected chi connectivity index (χ2v) is 3.10. The molecule has 0 amide bonds. The van der Waals surface area contributed by atoms with Gasteiger partial charge in [0, 0.05) is 0 Å². The molecule has 1 rings (SSSR count). The van der Waals surface area contributed by atoms with Gasteiger partial charge >= 0.3 is 5.97 Å². The molecule has 0 unspecified atom stereocenters. The minimum Gasteiger partial charge on any atom is -0.478 e. The first kappa shape index (κ1) is 13.1. The third-order valence-corrected chi connectivity index (χ3v) is 1.87. The maximum Gasteiger partial charge on any atom is 0.335 e. The van der Waals surface area contributed by atoms with Gasteiger partial charge in [-0.2, -0.15) is 10.4 Å². The predicted octanol–water partition coefficient (Wildman–Crippen LogP) is 0.751. The number of amidine groups is 1. The molecule has 0 fully saturated rings. The lowest BCUT2D eigenvalue weighted by atomic mass is 10.2. The van der Waals surface area contributed by atoms with Crippen LogP contribution in [0.2, 0.25) is 0 Å². The lowest BCUT2D eigenvalue weighted by molar-refractivity contribution is 0.0696. The highest BCUT2D eigenvalue weighted by molar-refractivity contribution is 6.45. The maximum absolute atomic E-state index is 13.4. The minimum atomic E-state index is -1.26. The molecule has 0 aliphatic carbocycles. The molecule has 0 atom stereocenters. The van der Waals surface area contributed by atoms with Crippen LogP contribution in [0.5, 0.6) is 0 Å². The van der Waals surface area contributed by atoms with E-state index in [2.05, 4.69) is 10.5 Å². The van der Waals surface area contributed by atoms with Crippen LogP contribution in [-0.4, -0.2) is 22.6 Å². The second kappa shape index (κ2) is 5.40. The van der Waals surface area contributed by atoms with E-state index in [0.717, 1.165) is 12.1 Å². The molecule has 0 heterocycles. The Morgan fingerprint density at radius 1 is 1.61 bits per heavy atom. The molecular formula is C10H8FN5O2. The summed E-state index contributed by atoms with van der Waals surface area (Å²) in [6.07, 6.45) is 0. The zero-order chi connectivity index (χ0) is 13.7. The summed E-state index contributed by atoms with van der Waals surface area (Å²) in [5.41, 5.74) is 6.47. The van der Waals surface area contributed by atoms with E-state index in [9.17, 15) is 9.18 Å². The van der Waals surface area contributed by atoms with E-state index in [1.165, 1.54) is 6.07 Å². The van der Waals surface area contributed by atoms with Crippen LogP contribution >= 0.6 is 0 Å². The largest absolute Gasteiger partial charge is 0.478 e. The number of halogens is 1. The summed E-state index contributed by atoms with van der Waals surface area (Å²) in [5.74, 6) is -2.67. The number of nitrogens with one attached hydrogen (secondary N) is 2. The Balaban J connectivity index is 2.97. The summed E-state index contributed by atoms with van der Waals surface area (Å²) < 4.78 is 13.4. The molecule has 5 N–H and O–H groups in total. The number of nitrogens with zero attached hydrogens (tertiary/aromatic N) is 2. The molecule has 8 heteroatoms. The van der Waals surface area contributed by atoms with Crippen molar-refractivity contribution in [3.63, 3.8) is 0 Å². The zero-order valence-corrected chi connectivity index (χ0v) is 8.94. The quantitative estimate of drug-likeness (QED) is 0.354. The number of rotatable bonds is 4. The molecule has 1 aromatic carbocycles. The summed E-state index contributed by atoms with van der Waals surface area (Å²) in [5, 5.41) is 27.6. The van der Waals surface area contributed by atoms with Gasteiger partial charge in [0.15, 0.2) is 5.84 Å². The van der Waals surface area contributed by atoms with Crippen molar-refractivity contribution in [2.24, 2.45) is 10.8 Å². The summed E-state index contributed by atoms with van der Waals surface area (Å²) in [6, 6.07) is 4.67. The lowest BCUT2D eigenvalue weighted by Gasteiger charge is -2.03. The molecule has 0 aliphatic heterocycles. The summed E-state index contributed by atoms with van der Waals surface area (Å²) >= 11 is 0. The number of aromatic carboxylic acids is 1. The topological polar surface area (TPSA) is 135 Å². The minimum absolute atomic E-state index is 0.131. The van der Waals surface area contributed by atoms with Gasteiger partial charge in [-0.15, -0.1) is 0 Å². The van der Waals surface area contributed by atoms with E-state index in [1.54, 1.807) is 6.07 Å². The number of anilines is 1. The van der Waals surface area contributed by atoms with Crippen LogP contribution in [0.25, 0.3) is 0 Å². The fourth-order valence-corrected chi connectivity index (χ4v) is 1.00. The fraction of sp³-hybridized carbons (Fsp3) is 0. The maximum atomic E-state index is 13.4. The van der Waals surface area contributed by atoms with Crippen LogP contribution < -0.4 is 11.2 Å². The van der Waals surface area contributed by atoms with Crippen LogP contribution in [-0.2, 0) is 0 Å². The fourth-order valence-electron chi connectivity index (χ4n) is 1.00. The van der Waals surface area contributed by atoms with Crippen LogP contribution in [0, 0.1) is 22.6 Å². The number of carboxylic acid groups (broad SMARTS) is 1. The molecule has 18 heavy (non-hydrogen) atoms. The zero-order valence-electron chi connectivity index (χ0n) is 8.94. The highest BCUT2D eigenvalue weighted by atomic mass is 19.1. The van der Waals surface area contributed by atoms with Crippen LogP contribution in [0.15, 0.2) is 23.3 Å². The van der Waals surface area contributed by atoms with E-state index >= 15 is 0 Å². The Labute approximate surface area is 101 Å². The van der Waals surface area contributed by atoms with Gasteiger partial charge in [0.1, 0.15) is 11.9 Å². The Hall–Kier alpha value is -2.95. The molecule has 0 saturated heterocycles. The molecule has 0 aromatic heterocycles. The second-order valence-electron chi connectivity index (χ2n) is 3.10. The van der Waals surface area contributed by atoms with Gasteiger partial charge in [0.05, 0.1) is 11.3 Å². The normalized spacial score (nSPS) is 10.6. The van der Waals surface area contributed by atoms with Crippen LogP contribution in [0.3, 0.4) is 0 Å². The molecule has 0 aliphatic rings. The highest BCUT2D eigenvalue weighted by Gasteiger charge is 2.08. The summed E-state index contributed by atoms with van der Waals surface area (Å²) in [7, 11) is 0. The highest BCUT2D eigenvalue weighted by Crippen LogP contribution is 2.15. The van der Waals surface area contributed by atoms with Crippen molar-refractivity contribution < 1.29 is 14.3 Å².